The Hall–Kier alpha value is -2.19. The number of hydrogen-bond donors (Lipinski definition) is 0. The molecule has 1 aromatic carbocycles. The van der Waals surface area contributed by atoms with Gasteiger partial charge in [0.05, 0.1) is 18.6 Å². The van der Waals surface area contributed by atoms with Gasteiger partial charge in [-0.25, -0.2) is 13.4 Å². The maximum absolute atomic E-state index is 12.9. The number of benzene rings is 1. The molecule has 0 saturated carbocycles. The van der Waals surface area contributed by atoms with Crippen LogP contribution < -0.4 is 9.47 Å². The van der Waals surface area contributed by atoms with Crippen LogP contribution in [-0.2, 0) is 10.0 Å². The number of piperidine rings is 1. The van der Waals surface area contributed by atoms with Crippen molar-refractivity contribution in [3.05, 3.63) is 42.4 Å². The fourth-order valence-electron chi connectivity index (χ4n) is 2.80. The summed E-state index contributed by atoms with van der Waals surface area (Å²) in [5.74, 6) is 1.61. The van der Waals surface area contributed by atoms with Gasteiger partial charge >= 0.3 is 0 Å². The predicted octanol–water partition coefficient (Wildman–Crippen LogP) is 2.03. The van der Waals surface area contributed by atoms with Crippen molar-refractivity contribution in [2.45, 2.75) is 30.8 Å². The summed E-state index contributed by atoms with van der Waals surface area (Å²) in [6.07, 6.45) is 2.92. The molecule has 0 N–H and O–H groups in total. The zero-order valence-electron chi connectivity index (χ0n) is 14.3. The van der Waals surface area contributed by atoms with E-state index in [0.717, 1.165) is 12.8 Å². The summed E-state index contributed by atoms with van der Waals surface area (Å²) in [6.45, 7) is 2.55. The molecule has 25 heavy (non-hydrogen) atoms. The lowest BCUT2D eigenvalue weighted by molar-refractivity contribution is 0.124. The van der Waals surface area contributed by atoms with Crippen molar-refractivity contribution < 1.29 is 17.9 Å². The first-order chi connectivity index (χ1) is 12.0. The summed E-state index contributed by atoms with van der Waals surface area (Å²) in [5, 5.41) is 0. The highest BCUT2D eigenvalue weighted by molar-refractivity contribution is 7.89. The molecule has 1 unspecified atom stereocenters. The molecule has 8 heteroatoms. The first-order valence-electron chi connectivity index (χ1n) is 8.09. The van der Waals surface area contributed by atoms with Gasteiger partial charge < -0.3 is 9.47 Å². The highest BCUT2D eigenvalue weighted by Crippen LogP contribution is 2.25. The van der Waals surface area contributed by atoms with Gasteiger partial charge in [-0.05, 0) is 31.9 Å². The number of methoxy groups -OCH3 is 1. The SMILES string of the molecule is COc1cccc(S(=O)(=O)N2CCCC(Oc3ccnc(C)n3)C2)c1. The van der Waals surface area contributed by atoms with Crippen molar-refractivity contribution in [3.8, 4) is 11.6 Å². The number of aryl methyl sites for hydroxylation is 1. The molecule has 1 aliphatic rings. The number of nitrogens with zero attached hydrogens (tertiary/aromatic N) is 3. The van der Waals surface area contributed by atoms with E-state index < -0.39 is 10.0 Å². The fourth-order valence-corrected chi connectivity index (χ4v) is 4.35. The monoisotopic (exact) mass is 363 g/mol. The average Bonchev–Trinajstić information content (AvgIpc) is 2.62. The molecule has 1 atom stereocenters. The Kier molecular flexibility index (Phi) is 5.19. The van der Waals surface area contributed by atoms with E-state index in [0.29, 0.717) is 30.5 Å². The van der Waals surface area contributed by atoms with E-state index in [2.05, 4.69) is 9.97 Å². The van der Waals surface area contributed by atoms with Crippen molar-refractivity contribution in [2.75, 3.05) is 20.2 Å². The van der Waals surface area contributed by atoms with Crippen LogP contribution in [0.15, 0.2) is 41.4 Å². The van der Waals surface area contributed by atoms with E-state index in [-0.39, 0.29) is 11.0 Å². The van der Waals surface area contributed by atoms with Gasteiger partial charge in [0.1, 0.15) is 17.7 Å². The van der Waals surface area contributed by atoms with Gasteiger partial charge in [0.2, 0.25) is 15.9 Å². The Labute approximate surface area is 147 Å². The van der Waals surface area contributed by atoms with E-state index in [1.807, 2.05) is 0 Å². The minimum absolute atomic E-state index is 0.227. The molecule has 0 spiro atoms. The maximum atomic E-state index is 12.9. The quantitative estimate of drug-likeness (QED) is 0.808. The predicted molar refractivity (Wildman–Crippen MR) is 92.2 cm³/mol. The number of sulfonamides is 1. The van der Waals surface area contributed by atoms with Crippen LogP contribution >= 0.6 is 0 Å². The van der Waals surface area contributed by atoms with Crippen molar-refractivity contribution in [1.82, 2.24) is 14.3 Å². The summed E-state index contributed by atoms with van der Waals surface area (Å²) >= 11 is 0. The van der Waals surface area contributed by atoms with Crippen LogP contribution in [0.4, 0.5) is 0 Å². The third kappa shape index (κ3) is 4.08. The molecule has 1 aliphatic heterocycles. The number of ether oxygens (including phenoxy) is 2. The molecule has 1 saturated heterocycles. The summed E-state index contributed by atoms with van der Waals surface area (Å²) in [4.78, 5) is 8.48. The van der Waals surface area contributed by atoms with E-state index >= 15 is 0 Å². The van der Waals surface area contributed by atoms with Gasteiger partial charge in [-0.2, -0.15) is 9.29 Å². The van der Waals surface area contributed by atoms with Crippen molar-refractivity contribution in [2.24, 2.45) is 0 Å². The minimum Gasteiger partial charge on any atom is -0.497 e. The fraction of sp³-hybridized carbons (Fsp3) is 0.412. The highest BCUT2D eigenvalue weighted by atomic mass is 32.2. The largest absolute Gasteiger partial charge is 0.497 e. The maximum Gasteiger partial charge on any atom is 0.243 e. The molecule has 0 amide bonds. The standard InChI is InChI=1S/C17H21N3O4S/c1-13-18-9-8-17(19-13)24-15-6-4-10-20(12-15)25(21,22)16-7-3-5-14(11-16)23-2/h3,5,7-9,11,15H,4,6,10,12H2,1-2H3. The zero-order chi connectivity index (χ0) is 17.9. The third-order valence-corrected chi connectivity index (χ3v) is 5.92. The topological polar surface area (TPSA) is 81.6 Å². The van der Waals surface area contributed by atoms with Crippen LogP contribution in [0.1, 0.15) is 18.7 Å². The molecule has 1 aromatic heterocycles. The smallest absolute Gasteiger partial charge is 0.243 e. The lowest BCUT2D eigenvalue weighted by Crippen LogP contribution is -2.44. The molecular weight excluding hydrogens is 342 g/mol. The van der Waals surface area contributed by atoms with Gasteiger partial charge in [0.15, 0.2) is 0 Å². The molecule has 0 radical (unpaired) electrons. The molecule has 1 fully saturated rings. The average molecular weight is 363 g/mol. The summed E-state index contributed by atoms with van der Waals surface area (Å²) in [7, 11) is -2.07. The molecular formula is C17H21N3O4S. The van der Waals surface area contributed by atoms with Crippen molar-refractivity contribution in [3.63, 3.8) is 0 Å². The molecule has 2 aromatic rings. The molecule has 134 valence electrons. The van der Waals surface area contributed by atoms with E-state index in [1.54, 1.807) is 37.4 Å². The number of hydrogen-bond acceptors (Lipinski definition) is 6. The molecule has 3 rings (SSSR count). The third-order valence-electron chi connectivity index (χ3n) is 4.06. The number of rotatable bonds is 5. The second-order valence-electron chi connectivity index (χ2n) is 5.87. The van der Waals surface area contributed by atoms with Gasteiger partial charge in [-0.3, -0.25) is 0 Å². The van der Waals surface area contributed by atoms with Crippen LogP contribution in [0, 0.1) is 6.92 Å². The van der Waals surface area contributed by atoms with Gasteiger partial charge in [0.25, 0.3) is 0 Å². The first-order valence-corrected chi connectivity index (χ1v) is 9.53. The van der Waals surface area contributed by atoms with E-state index in [4.69, 9.17) is 9.47 Å². The van der Waals surface area contributed by atoms with E-state index in [1.165, 1.54) is 17.5 Å². The van der Waals surface area contributed by atoms with Crippen molar-refractivity contribution >= 4 is 10.0 Å². The first kappa shape index (κ1) is 17.6. The highest BCUT2D eigenvalue weighted by Gasteiger charge is 2.31. The Morgan fingerprint density at radius 3 is 2.88 bits per heavy atom. The van der Waals surface area contributed by atoms with Gasteiger partial charge in [-0.15, -0.1) is 0 Å². The number of aromatic nitrogens is 2. The van der Waals surface area contributed by atoms with Crippen LogP contribution in [0.2, 0.25) is 0 Å². The van der Waals surface area contributed by atoms with Crippen LogP contribution in [0.3, 0.4) is 0 Å². The molecule has 0 bridgehead atoms. The Bertz CT molecular complexity index is 841. The normalized spacial score (nSPS) is 18.7. The molecule has 0 aliphatic carbocycles. The van der Waals surface area contributed by atoms with Crippen LogP contribution in [-0.4, -0.2) is 49.0 Å². The molecule has 7 nitrogen and oxygen atoms in total. The van der Waals surface area contributed by atoms with Crippen LogP contribution in [0.5, 0.6) is 11.6 Å². The minimum atomic E-state index is -3.59. The zero-order valence-corrected chi connectivity index (χ0v) is 15.1. The van der Waals surface area contributed by atoms with Gasteiger partial charge in [0, 0.05) is 24.9 Å². The second-order valence-corrected chi connectivity index (χ2v) is 7.80. The molecule has 2 heterocycles. The summed E-state index contributed by atoms with van der Waals surface area (Å²) < 4.78 is 38.2. The Morgan fingerprint density at radius 2 is 2.12 bits per heavy atom. The van der Waals surface area contributed by atoms with Gasteiger partial charge in [-0.1, -0.05) is 6.07 Å². The van der Waals surface area contributed by atoms with Crippen molar-refractivity contribution in [1.29, 1.82) is 0 Å². The summed E-state index contributed by atoms with van der Waals surface area (Å²) in [5.41, 5.74) is 0. The second kappa shape index (κ2) is 7.37. The Balaban J connectivity index is 1.75. The lowest BCUT2D eigenvalue weighted by Gasteiger charge is -2.31. The lowest BCUT2D eigenvalue weighted by atomic mass is 10.1. The van der Waals surface area contributed by atoms with E-state index in [9.17, 15) is 8.42 Å². The summed E-state index contributed by atoms with van der Waals surface area (Å²) in [6, 6.07) is 8.19. The Morgan fingerprint density at radius 1 is 1.28 bits per heavy atom. The van der Waals surface area contributed by atoms with Crippen LogP contribution in [0.25, 0.3) is 0 Å².